The van der Waals surface area contributed by atoms with Crippen molar-refractivity contribution in [2.75, 3.05) is 39.1 Å². The van der Waals surface area contributed by atoms with Crippen molar-refractivity contribution in [2.45, 2.75) is 13.0 Å². The van der Waals surface area contributed by atoms with E-state index in [1.807, 2.05) is 38.3 Å². The lowest BCUT2D eigenvalue weighted by Gasteiger charge is -2.30. The number of guanidine groups is 1. The number of rotatable bonds is 4. The Morgan fingerprint density at radius 2 is 2.00 bits per heavy atom. The van der Waals surface area contributed by atoms with Gasteiger partial charge in [0.2, 0.25) is 0 Å². The maximum atomic E-state index is 4.47. The molecule has 0 unspecified atom stereocenters. The molecule has 0 saturated carbocycles. The molecular formula is C21H27N5. The SMILES string of the molecule is CN=C(NCc1cccnc1N(C)C)N1CC=C(c2ccccc2)CC1. The number of nitrogens with one attached hydrogen (secondary N) is 1. The molecule has 1 aromatic heterocycles. The van der Waals surface area contributed by atoms with Gasteiger partial charge < -0.3 is 15.1 Å². The van der Waals surface area contributed by atoms with E-state index in [0.717, 1.165) is 36.9 Å². The Bertz CT molecular complexity index is 780. The molecule has 0 fully saturated rings. The normalized spacial score (nSPS) is 14.8. The first-order valence-corrected chi connectivity index (χ1v) is 9.00. The Morgan fingerprint density at radius 1 is 1.19 bits per heavy atom. The standard InChI is InChI=1S/C21H27N5/c1-22-21(24-16-19-10-7-13-23-20(19)25(2)3)26-14-11-18(12-15-26)17-8-5-4-6-9-17/h4-11,13H,12,14-16H2,1-3H3,(H,22,24). The van der Waals surface area contributed by atoms with Gasteiger partial charge in [0.05, 0.1) is 0 Å². The van der Waals surface area contributed by atoms with Crippen LogP contribution in [0, 0.1) is 0 Å². The Morgan fingerprint density at radius 3 is 2.65 bits per heavy atom. The largest absolute Gasteiger partial charge is 0.362 e. The minimum Gasteiger partial charge on any atom is -0.362 e. The summed E-state index contributed by atoms with van der Waals surface area (Å²) in [7, 11) is 5.87. The molecule has 0 amide bonds. The van der Waals surface area contributed by atoms with Crippen molar-refractivity contribution in [3.05, 3.63) is 65.9 Å². The summed E-state index contributed by atoms with van der Waals surface area (Å²) in [6.45, 7) is 2.55. The molecule has 0 radical (unpaired) electrons. The first-order chi connectivity index (χ1) is 12.7. The summed E-state index contributed by atoms with van der Waals surface area (Å²) in [5, 5.41) is 3.49. The Kier molecular flexibility index (Phi) is 5.89. The number of hydrogen-bond acceptors (Lipinski definition) is 3. The Balaban J connectivity index is 1.63. The fourth-order valence-corrected chi connectivity index (χ4v) is 3.25. The van der Waals surface area contributed by atoms with Gasteiger partial charge in [-0.25, -0.2) is 4.98 Å². The Hall–Kier alpha value is -2.82. The van der Waals surface area contributed by atoms with E-state index >= 15 is 0 Å². The zero-order valence-corrected chi connectivity index (χ0v) is 15.8. The van der Waals surface area contributed by atoms with Gasteiger partial charge in [0.25, 0.3) is 0 Å². The summed E-state index contributed by atoms with van der Waals surface area (Å²) in [5.41, 5.74) is 3.90. The fourth-order valence-electron chi connectivity index (χ4n) is 3.25. The van der Waals surface area contributed by atoms with Gasteiger partial charge in [-0.3, -0.25) is 4.99 Å². The van der Waals surface area contributed by atoms with Crippen LogP contribution >= 0.6 is 0 Å². The van der Waals surface area contributed by atoms with Gasteiger partial charge >= 0.3 is 0 Å². The molecule has 2 aromatic rings. The molecule has 3 rings (SSSR count). The quantitative estimate of drug-likeness (QED) is 0.681. The summed E-state index contributed by atoms with van der Waals surface area (Å²) in [6, 6.07) is 14.7. The highest BCUT2D eigenvalue weighted by Crippen LogP contribution is 2.22. The molecule has 1 aliphatic heterocycles. The number of aliphatic imine (C=N–C) groups is 1. The van der Waals surface area contributed by atoms with Gasteiger partial charge in [0.1, 0.15) is 5.82 Å². The number of pyridine rings is 1. The first kappa shape index (κ1) is 18.0. The molecule has 0 bridgehead atoms. The lowest BCUT2D eigenvalue weighted by Crippen LogP contribution is -2.43. The van der Waals surface area contributed by atoms with Crippen LogP contribution in [0.15, 0.2) is 59.7 Å². The van der Waals surface area contributed by atoms with Crippen LogP contribution in [0.2, 0.25) is 0 Å². The summed E-state index contributed by atoms with van der Waals surface area (Å²) in [6.07, 6.45) is 5.16. The molecular weight excluding hydrogens is 322 g/mol. The van der Waals surface area contributed by atoms with Crippen molar-refractivity contribution in [1.29, 1.82) is 0 Å². The molecule has 5 nitrogen and oxygen atoms in total. The van der Waals surface area contributed by atoms with Crippen molar-refractivity contribution in [3.63, 3.8) is 0 Å². The van der Waals surface area contributed by atoms with E-state index in [1.54, 1.807) is 0 Å². The van der Waals surface area contributed by atoms with Gasteiger partial charge in [0.15, 0.2) is 5.96 Å². The zero-order valence-electron chi connectivity index (χ0n) is 15.8. The van der Waals surface area contributed by atoms with E-state index in [2.05, 4.69) is 62.7 Å². The van der Waals surface area contributed by atoms with Crippen LogP contribution in [0.4, 0.5) is 5.82 Å². The van der Waals surface area contributed by atoms with Crippen LogP contribution in [-0.4, -0.2) is 50.1 Å². The third kappa shape index (κ3) is 4.23. The molecule has 1 aromatic carbocycles. The maximum absolute atomic E-state index is 4.47. The van der Waals surface area contributed by atoms with Crippen LogP contribution in [-0.2, 0) is 6.54 Å². The van der Waals surface area contributed by atoms with Gasteiger partial charge in [0, 0.05) is 52.5 Å². The number of anilines is 1. The molecule has 26 heavy (non-hydrogen) atoms. The second kappa shape index (κ2) is 8.52. The van der Waals surface area contributed by atoms with E-state index in [1.165, 1.54) is 11.1 Å². The molecule has 0 atom stereocenters. The highest BCUT2D eigenvalue weighted by Gasteiger charge is 2.16. The monoisotopic (exact) mass is 349 g/mol. The molecule has 0 saturated heterocycles. The number of aromatic nitrogens is 1. The summed E-state index contributed by atoms with van der Waals surface area (Å²) in [5.74, 6) is 1.92. The van der Waals surface area contributed by atoms with Gasteiger partial charge in [-0.2, -0.15) is 0 Å². The second-order valence-corrected chi connectivity index (χ2v) is 6.57. The Labute approximate surface area is 156 Å². The van der Waals surface area contributed by atoms with Gasteiger partial charge in [-0.15, -0.1) is 0 Å². The number of benzene rings is 1. The predicted molar refractivity (Wildman–Crippen MR) is 109 cm³/mol. The van der Waals surface area contributed by atoms with Crippen LogP contribution in [0.3, 0.4) is 0 Å². The molecule has 136 valence electrons. The van der Waals surface area contributed by atoms with Crippen molar-refractivity contribution in [3.8, 4) is 0 Å². The number of hydrogen-bond donors (Lipinski definition) is 1. The van der Waals surface area contributed by atoms with Crippen LogP contribution < -0.4 is 10.2 Å². The zero-order chi connectivity index (χ0) is 18.4. The maximum Gasteiger partial charge on any atom is 0.194 e. The topological polar surface area (TPSA) is 43.8 Å². The third-order valence-electron chi connectivity index (χ3n) is 4.59. The predicted octanol–water partition coefficient (Wildman–Crippen LogP) is 3.01. The van der Waals surface area contributed by atoms with E-state index in [4.69, 9.17) is 0 Å². The van der Waals surface area contributed by atoms with E-state index in [0.29, 0.717) is 6.54 Å². The molecule has 1 aliphatic rings. The highest BCUT2D eigenvalue weighted by atomic mass is 15.3. The smallest absolute Gasteiger partial charge is 0.194 e. The average molecular weight is 349 g/mol. The van der Waals surface area contributed by atoms with E-state index < -0.39 is 0 Å². The molecule has 2 heterocycles. The minimum atomic E-state index is 0.708. The van der Waals surface area contributed by atoms with Crippen molar-refractivity contribution < 1.29 is 0 Å². The second-order valence-electron chi connectivity index (χ2n) is 6.57. The third-order valence-corrected chi connectivity index (χ3v) is 4.59. The minimum absolute atomic E-state index is 0.708. The summed E-state index contributed by atoms with van der Waals surface area (Å²) in [4.78, 5) is 13.3. The van der Waals surface area contributed by atoms with Gasteiger partial charge in [-0.1, -0.05) is 42.5 Å². The van der Waals surface area contributed by atoms with Crippen molar-refractivity contribution >= 4 is 17.4 Å². The highest BCUT2D eigenvalue weighted by molar-refractivity contribution is 5.81. The summed E-state index contributed by atoms with van der Waals surface area (Å²) >= 11 is 0. The van der Waals surface area contributed by atoms with Gasteiger partial charge in [-0.05, 0) is 23.6 Å². The fraction of sp³-hybridized carbons (Fsp3) is 0.333. The van der Waals surface area contributed by atoms with Crippen LogP contribution in [0.5, 0.6) is 0 Å². The van der Waals surface area contributed by atoms with Crippen molar-refractivity contribution in [2.24, 2.45) is 4.99 Å². The molecule has 5 heteroatoms. The van der Waals surface area contributed by atoms with E-state index in [9.17, 15) is 0 Å². The average Bonchev–Trinajstić information content (AvgIpc) is 2.70. The molecule has 1 N–H and O–H groups in total. The molecule has 0 spiro atoms. The first-order valence-electron chi connectivity index (χ1n) is 9.00. The lowest BCUT2D eigenvalue weighted by molar-refractivity contribution is 0.440. The van der Waals surface area contributed by atoms with Crippen LogP contribution in [0.1, 0.15) is 17.5 Å². The van der Waals surface area contributed by atoms with Crippen molar-refractivity contribution in [1.82, 2.24) is 15.2 Å². The molecule has 0 aliphatic carbocycles. The lowest BCUT2D eigenvalue weighted by atomic mass is 10.00. The summed E-state index contributed by atoms with van der Waals surface area (Å²) < 4.78 is 0. The van der Waals surface area contributed by atoms with Crippen LogP contribution in [0.25, 0.3) is 5.57 Å². The number of nitrogens with zero attached hydrogens (tertiary/aromatic N) is 4. The van der Waals surface area contributed by atoms with E-state index in [-0.39, 0.29) is 0 Å².